The number of phenolic OH excluding ortho intramolecular Hbond substituents is 2. The molecular formula is C24H32O4. The lowest BCUT2D eigenvalue weighted by molar-refractivity contribution is -0.132. The molecule has 0 saturated carbocycles. The molecule has 0 radical (unpaired) electrons. The van der Waals surface area contributed by atoms with Gasteiger partial charge in [0, 0.05) is 11.6 Å². The van der Waals surface area contributed by atoms with Crippen molar-refractivity contribution in [2.75, 3.05) is 0 Å². The van der Waals surface area contributed by atoms with Crippen LogP contribution < -0.4 is 0 Å². The second kappa shape index (κ2) is 14.3. The third-order valence-corrected chi connectivity index (χ3v) is 4.36. The molecule has 4 nitrogen and oxygen atoms in total. The van der Waals surface area contributed by atoms with Crippen LogP contribution in [0.1, 0.15) is 57.4 Å². The predicted octanol–water partition coefficient (Wildman–Crippen LogP) is 6.07. The molecule has 4 heteroatoms. The molecule has 0 spiro atoms. The highest BCUT2D eigenvalue weighted by Crippen LogP contribution is 2.20. The lowest BCUT2D eigenvalue weighted by Crippen LogP contribution is -1.99. The number of carboxylic acid groups (broad SMARTS) is 1. The number of allylic oxidation sites excluding steroid dienone is 7. The summed E-state index contributed by atoms with van der Waals surface area (Å²) in [6, 6.07) is 4.59. The van der Waals surface area contributed by atoms with E-state index in [0.29, 0.717) is 18.4 Å². The van der Waals surface area contributed by atoms with Gasteiger partial charge in [0.05, 0.1) is 0 Å². The van der Waals surface area contributed by atoms with Crippen LogP contribution in [0.3, 0.4) is 0 Å². The first kappa shape index (κ1) is 23.3. The number of phenols is 2. The van der Waals surface area contributed by atoms with E-state index < -0.39 is 5.97 Å². The van der Waals surface area contributed by atoms with Gasteiger partial charge in [-0.15, -0.1) is 0 Å². The molecule has 1 aromatic rings. The van der Waals surface area contributed by atoms with Crippen LogP contribution in [0.4, 0.5) is 0 Å². The molecule has 0 fully saturated rings. The zero-order valence-electron chi connectivity index (χ0n) is 16.7. The fraction of sp³-hybridized carbons (Fsp3) is 0.375. The van der Waals surface area contributed by atoms with Crippen molar-refractivity contribution in [1.29, 1.82) is 0 Å². The van der Waals surface area contributed by atoms with E-state index in [1.165, 1.54) is 12.5 Å². The minimum atomic E-state index is -0.797. The van der Waals surface area contributed by atoms with Crippen molar-refractivity contribution in [1.82, 2.24) is 0 Å². The summed E-state index contributed by atoms with van der Waals surface area (Å²) in [4.78, 5) is 10.9. The Balaban J connectivity index is 2.06. The Kier molecular flexibility index (Phi) is 11.9. The van der Waals surface area contributed by atoms with Crippen LogP contribution in [0.2, 0.25) is 0 Å². The Morgan fingerprint density at radius 1 is 0.857 bits per heavy atom. The molecule has 0 atom stereocenters. The number of hydrogen-bond donors (Lipinski definition) is 3. The average Bonchev–Trinajstić information content (AvgIpc) is 2.64. The summed E-state index contributed by atoms with van der Waals surface area (Å²) in [5.74, 6) is -0.649. The monoisotopic (exact) mass is 384 g/mol. The van der Waals surface area contributed by atoms with Gasteiger partial charge >= 0.3 is 5.97 Å². The van der Waals surface area contributed by atoms with Crippen molar-refractivity contribution in [2.45, 2.75) is 58.3 Å². The first-order valence-electron chi connectivity index (χ1n) is 9.91. The molecule has 0 saturated heterocycles. The van der Waals surface area contributed by atoms with Gasteiger partial charge in [0.25, 0.3) is 0 Å². The molecular weight excluding hydrogens is 352 g/mol. The maximum Gasteiger partial charge on any atom is 0.331 e. The molecule has 0 aliphatic heterocycles. The van der Waals surface area contributed by atoms with E-state index in [9.17, 15) is 15.0 Å². The first-order chi connectivity index (χ1) is 13.5. The molecule has 28 heavy (non-hydrogen) atoms. The zero-order chi connectivity index (χ0) is 20.6. The summed E-state index contributed by atoms with van der Waals surface area (Å²) >= 11 is 0. The van der Waals surface area contributed by atoms with Crippen molar-refractivity contribution in [2.24, 2.45) is 0 Å². The summed E-state index contributed by atoms with van der Waals surface area (Å²) in [6.07, 6.45) is 21.6. The largest absolute Gasteiger partial charge is 0.508 e. The summed E-state index contributed by atoms with van der Waals surface area (Å²) in [7, 11) is 0. The van der Waals surface area contributed by atoms with Gasteiger partial charge in [0.2, 0.25) is 0 Å². The number of unbranched alkanes of at least 4 members (excludes halogenated alkanes) is 5. The molecule has 0 aromatic heterocycles. The Hall–Kier alpha value is -2.75. The maximum atomic E-state index is 10.9. The Morgan fingerprint density at radius 3 is 2.11 bits per heavy atom. The van der Waals surface area contributed by atoms with Gasteiger partial charge in [-0.1, -0.05) is 61.8 Å². The van der Waals surface area contributed by atoms with E-state index >= 15 is 0 Å². The van der Waals surface area contributed by atoms with E-state index in [2.05, 4.69) is 6.08 Å². The maximum absolute atomic E-state index is 10.9. The van der Waals surface area contributed by atoms with Gasteiger partial charge in [-0.05, 0) is 56.7 Å². The summed E-state index contributed by atoms with van der Waals surface area (Å²) in [6.45, 7) is 1.78. The minimum Gasteiger partial charge on any atom is -0.508 e. The van der Waals surface area contributed by atoms with Gasteiger partial charge in [0.15, 0.2) is 0 Å². The lowest BCUT2D eigenvalue weighted by Gasteiger charge is -2.02. The predicted molar refractivity (Wildman–Crippen MR) is 115 cm³/mol. The van der Waals surface area contributed by atoms with Crippen molar-refractivity contribution in [3.63, 3.8) is 0 Å². The molecule has 0 aliphatic rings. The molecule has 0 heterocycles. The Bertz CT molecular complexity index is 691. The number of aromatic hydroxyl groups is 2. The molecule has 0 aliphatic carbocycles. The number of carboxylic acids is 1. The van der Waals surface area contributed by atoms with E-state index in [1.54, 1.807) is 25.1 Å². The highest BCUT2D eigenvalue weighted by molar-refractivity contribution is 5.86. The fourth-order valence-electron chi connectivity index (χ4n) is 2.84. The van der Waals surface area contributed by atoms with Gasteiger partial charge < -0.3 is 15.3 Å². The van der Waals surface area contributed by atoms with Crippen LogP contribution in [0.5, 0.6) is 11.5 Å². The number of benzene rings is 1. The summed E-state index contributed by atoms with van der Waals surface area (Å²) in [5.41, 5.74) is 1.38. The van der Waals surface area contributed by atoms with Crippen LogP contribution in [0.15, 0.2) is 66.3 Å². The van der Waals surface area contributed by atoms with Crippen LogP contribution >= 0.6 is 0 Å². The smallest absolute Gasteiger partial charge is 0.331 e. The van der Waals surface area contributed by atoms with Gasteiger partial charge in [0.1, 0.15) is 11.5 Å². The fourth-order valence-corrected chi connectivity index (χ4v) is 2.84. The Morgan fingerprint density at radius 2 is 1.46 bits per heavy atom. The van der Waals surface area contributed by atoms with Crippen LogP contribution in [0, 0.1) is 0 Å². The molecule has 152 valence electrons. The second-order valence-electron chi connectivity index (χ2n) is 6.73. The van der Waals surface area contributed by atoms with Crippen LogP contribution in [-0.2, 0) is 11.2 Å². The number of aliphatic carboxylic acids is 1. The van der Waals surface area contributed by atoms with Crippen molar-refractivity contribution < 1.29 is 20.1 Å². The summed E-state index contributed by atoms with van der Waals surface area (Å²) < 4.78 is 0. The van der Waals surface area contributed by atoms with Crippen molar-refractivity contribution in [3.8, 4) is 11.5 Å². The zero-order valence-corrected chi connectivity index (χ0v) is 16.7. The van der Waals surface area contributed by atoms with E-state index in [0.717, 1.165) is 37.7 Å². The van der Waals surface area contributed by atoms with Gasteiger partial charge in [-0.3, -0.25) is 0 Å². The molecule has 1 aromatic carbocycles. The molecule has 1 rings (SSSR count). The molecule has 0 bridgehead atoms. The normalized spacial score (nSPS) is 12.5. The highest BCUT2D eigenvalue weighted by Gasteiger charge is 2.04. The van der Waals surface area contributed by atoms with E-state index in [-0.39, 0.29) is 11.5 Å². The SMILES string of the molecule is C/C=C(/CCCCCCC\C=C/C=C/C=C\Cc1cc(O)cc(O)c1)C(=O)O. The number of rotatable bonds is 13. The Labute approximate surface area is 168 Å². The topological polar surface area (TPSA) is 77.8 Å². The molecule has 0 amide bonds. The third kappa shape index (κ3) is 11.1. The average molecular weight is 385 g/mol. The van der Waals surface area contributed by atoms with Crippen LogP contribution in [0.25, 0.3) is 0 Å². The lowest BCUT2D eigenvalue weighted by atomic mass is 10.0. The van der Waals surface area contributed by atoms with E-state index in [4.69, 9.17) is 5.11 Å². The number of hydrogen-bond acceptors (Lipinski definition) is 3. The van der Waals surface area contributed by atoms with Crippen molar-refractivity contribution in [3.05, 3.63) is 71.9 Å². The number of carbonyl (C=O) groups is 1. The molecule has 3 N–H and O–H groups in total. The minimum absolute atomic E-state index is 0.0738. The van der Waals surface area contributed by atoms with Crippen LogP contribution in [-0.4, -0.2) is 21.3 Å². The first-order valence-corrected chi connectivity index (χ1v) is 9.91. The quantitative estimate of drug-likeness (QED) is 0.219. The standard InChI is InChI=1S/C24H32O4/c1-2-21(24(27)28)16-14-12-10-8-6-4-3-5-7-9-11-13-15-20-17-22(25)19-23(26)18-20/h2-3,5,7,9,11,13,17-19,25-26H,4,6,8,10,12,14-16H2,1H3,(H,27,28)/b5-3-,9-7+,13-11-,21-2-. The van der Waals surface area contributed by atoms with Gasteiger partial charge in [-0.25, -0.2) is 4.79 Å². The highest BCUT2D eigenvalue weighted by atomic mass is 16.4. The van der Waals surface area contributed by atoms with Crippen molar-refractivity contribution >= 4 is 5.97 Å². The van der Waals surface area contributed by atoms with Gasteiger partial charge in [-0.2, -0.15) is 0 Å². The third-order valence-electron chi connectivity index (χ3n) is 4.36. The second-order valence-corrected chi connectivity index (χ2v) is 6.73. The summed E-state index contributed by atoms with van der Waals surface area (Å²) in [5, 5.41) is 27.8. The van der Waals surface area contributed by atoms with E-state index in [1.807, 2.05) is 30.4 Å². The molecule has 0 unspecified atom stereocenters.